The van der Waals surface area contributed by atoms with Gasteiger partial charge in [-0.15, -0.1) is 0 Å². The fraction of sp³-hybridized carbons (Fsp3) is 0.312. The fourth-order valence-corrected chi connectivity index (χ4v) is 1.86. The third kappa shape index (κ3) is 3.05. The summed E-state index contributed by atoms with van der Waals surface area (Å²) >= 11 is 0. The predicted octanol–water partition coefficient (Wildman–Crippen LogP) is 3.42. The molecule has 2 aromatic carbocycles. The Morgan fingerprint density at radius 3 is 2.47 bits per heavy atom. The SMILES string of the molecule is COC(=O)C(C)(C)COc1ccc2ccccc2c1. The zero-order valence-electron chi connectivity index (χ0n) is 11.5. The average molecular weight is 258 g/mol. The Morgan fingerprint density at radius 2 is 1.79 bits per heavy atom. The van der Waals surface area contributed by atoms with Crippen molar-refractivity contribution in [3.63, 3.8) is 0 Å². The quantitative estimate of drug-likeness (QED) is 0.788. The van der Waals surface area contributed by atoms with Crippen LogP contribution < -0.4 is 4.74 Å². The minimum Gasteiger partial charge on any atom is -0.492 e. The lowest BCUT2D eigenvalue weighted by molar-refractivity contribution is -0.152. The van der Waals surface area contributed by atoms with Gasteiger partial charge in [0, 0.05) is 0 Å². The number of benzene rings is 2. The molecule has 0 radical (unpaired) electrons. The van der Waals surface area contributed by atoms with E-state index in [-0.39, 0.29) is 12.6 Å². The number of hydrogen-bond donors (Lipinski definition) is 0. The molecule has 0 saturated carbocycles. The normalized spacial score (nSPS) is 11.3. The van der Waals surface area contributed by atoms with Crippen LogP contribution in [0.25, 0.3) is 10.8 Å². The number of rotatable bonds is 4. The van der Waals surface area contributed by atoms with Gasteiger partial charge >= 0.3 is 5.97 Å². The zero-order chi connectivity index (χ0) is 13.9. The molecule has 0 heterocycles. The van der Waals surface area contributed by atoms with Crippen molar-refractivity contribution in [1.82, 2.24) is 0 Å². The van der Waals surface area contributed by atoms with Gasteiger partial charge in [0.2, 0.25) is 0 Å². The van der Waals surface area contributed by atoms with Crippen LogP contribution in [-0.2, 0) is 9.53 Å². The van der Waals surface area contributed by atoms with Crippen LogP contribution in [0.1, 0.15) is 13.8 Å². The van der Waals surface area contributed by atoms with Crippen molar-refractivity contribution >= 4 is 16.7 Å². The predicted molar refractivity (Wildman–Crippen MR) is 75.2 cm³/mol. The molecule has 2 aromatic rings. The van der Waals surface area contributed by atoms with E-state index in [2.05, 4.69) is 6.07 Å². The largest absolute Gasteiger partial charge is 0.492 e. The summed E-state index contributed by atoms with van der Waals surface area (Å²) in [5, 5.41) is 2.29. The van der Waals surface area contributed by atoms with Gasteiger partial charge in [0.25, 0.3) is 0 Å². The Morgan fingerprint density at radius 1 is 1.11 bits per heavy atom. The van der Waals surface area contributed by atoms with Gasteiger partial charge in [-0.05, 0) is 36.8 Å². The minimum absolute atomic E-state index is 0.270. The second-order valence-corrected chi connectivity index (χ2v) is 5.17. The van der Waals surface area contributed by atoms with Gasteiger partial charge < -0.3 is 9.47 Å². The summed E-state index contributed by atoms with van der Waals surface area (Å²) in [7, 11) is 1.39. The molecule has 0 aromatic heterocycles. The molecule has 0 atom stereocenters. The van der Waals surface area contributed by atoms with E-state index in [1.54, 1.807) is 13.8 Å². The van der Waals surface area contributed by atoms with Crippen LogP contribution >= 0.6 is 0 Å². The first kappa shape index (κ1) is 13.4. The molecule has 100 valence electrons. The molecule has 19 heavy (non-hydrogen) atoms. The standard InChI is InChI=1S/C16H18O3/c1-16(2,15(17)18-3)11-19-14-9-8-12-6-4-5-7-13(12)10-14/h4-10H,11H2,1-3H3. The number of carbonyl (C=O) groups is 1. The molecule has 0 aliphatic carbocycles. The number of ether oxygens (including phenoxy) is 2. The second-order valence-electron chi connectivity index (χ2n) is 5.17. The highest BCUT2D eigenvalue weighted by Crippen LogP contribution is 2.23. The Hall–Kier alpha value is -2.03. The molecule has 0 N–H and O–H groups in total. The van der Waals surface area contributed by atoms with Crippen LogP contribution in [0, 0.1) is 5.41 Å². The third-order valence-corrected chi connectivity index (χ3v) is 3.06. The molecule has 0 amide bonds. The van der Waals surface area contributed by atoms with Crippen LogP contribution in [0.15, 0.2) is 42.5 Å². The molecule has 0 spiro atoms. The summed E-state index contributed by atoms with van der Waals surface area (Å²) in [6, 6.07) is 14.0. The lowest BCUT2D eigenvalue weighted by Crippen LogP contribution is -2.32. The van der Waals surface area contributed by atoms with Crippen molar-refractivity contribution in [2.24, 2.45) is 5.41 Å². The van der Waals surface area contributed by atoms with E-state index in [0.717, 1.165) is 11.1 Å². The molecule has 0 aliphatic heterocycles. The van der Waals surface area contributed by atoms with E-state index < -0.39 is 5.41 Å². The molecule has 0 saturated heterocycles. The minimum atomic E-state index is -0.652. The maximum atomic E-state index is 11.6. The summed E-state index contributed by atoms with van der Waals surface area (Å²) in [4.78, 5) is 11.6. The summed E-state index contributed by atoms with van der Waals surface area (Å²) in [6.45, 7) is 3.90. The van der Waals surface area contributed by atoms with Crippen molar-refractivity contribution in [1.29, 1.82) is 0 Å². The number of carbonyl (C=O) groups excluding carboxylic acids is 1. The van der Waals surface area contributed by atoms with E-state index >= 15 is 0 Å². The maximum Gasteiger partial charge on any atom is 0.314 e. The molecular weight excluding hydrogens is 240 g/mol. The van der Waals surface area contributed by atoms with Crippen molar-refractivity contribution in [3.8, 4) is 5.75 Å². The smallest absolute Gasteiger partial charge is 0.314 e. The van der Waals surface area contributed by atoms with E-state index in [4.69, 9.17) is 9.47 Å². The highest BCUT2D eigenvalue weighted by atomic mass is 16.5. The summed E-state index contributed by atoms with van der Waals surface area (Å²) in [5.41, 5.74) is -0.652. The molecule has 0 unspecified atom stereocenters. The summed E-state index contributed by atoms with van der Waals surface area (Å²) < 4.78 is 10.5. The lowest BCUT2D eigenvalue weighted by Gasteiger charge is -2.21. The number of hydrogen-bond acceptors (Lipinski definition) is 3. The zero-order valence-corrected chi connectivity index (χ0v) is 11.5. The molecule has 0 fully saturated rings. The van der Waals surface area contributed by atoms with Crippen LogP contribution in [0.4, 0.5) is 0 Å². The van der Waals surface area contributed by atoms with Crippen molar-refractivity contribution in [3.05, 3.63) is 42.5 Å². The monoisotopic (exact) mass is 258 g/mol. The van der Waals surface area contributed by atoms with Gasteiger partial charge in [-0.1, -0.05) is 30.3 Å². The van der Waals surface area contributed by atoms with Crippen LogP contribution in [-0.4, -0.2) is 19.7 Å². The van der Waals surface area contributed by atoms with E-state index in [9.17, 15) is 4.79 Å². The topological polar surface area (TPSA) is 35.5 Å². The van der Waals surface area contributed by atoms with Crippen molar-refractivity contribution in [2.45, 2.75) is 13.8 Å². The van der Waals surface area contributed by atoms with Gasteiger partial charge in [0.15, 0.2) is 0 Å². The summed E-state index contributed by atoms with van der Waals surface area (Å²) in [5.74, 6) is 0.490. The first-order chi connectivity index (χ1) is 9.03. The van der Waals surface area contributed by atoms with Crippen LogP contribution in [0.5, 0.6) is 5.75 Å². The Labute approximate surface area is 113 Å². The van der Waals surface area contributed by atoms with Crippen LogP contribution in [0.2, 0.25) is 0 Å². The first-order valence-electron chi connectivity index (χ1n) is 6.23. The highest BCUT2D eigenvalue weighted by molar-refractivity contribution is 5.83. The van der Waals surface area contributed by atoms with Gasteiger partial charge in [-0.2, -0.15) is 0 Å². The highest BCUT2D eigenvalue weighted by Gasteiger charge is 2.29. The molecule has 3 nitrogen and oxygen atoms in total. The second kappa shape index (κ2) is 5.31. The van der Waals surface area contributed by atoms with Gasteiger partial charge in [-0.3, -0.25) is 4.79 Å². The fourth-order valence-electron chi connectivity index (χ4n) is 1.86. The van der Waals surface area contributed by atoms with Crippen molar-refractivity contribution < 1.29 is 14.3 Å². The molecule has 0 bridgehead atoms. The van der Waals surface area contributed by atoms with E-state index in [0.29, 0.717) is 0 Å². The molecule has 0 aliphatic rings. The Balaban J connectivity index is 2.12. The maximum absolute atomic E-state index is 11.6. The number of fused-ring (bicyclic) bond motifs is 1. The molecular formula is C16H18O3. The van der Waals surface area contributed by atoms with Gasteiger partial charge in [0.05, 0.1) is 12.5 Å². The molecule has 3 heteroatoms. The first-order valence-corrected chi connectivity index (χ1v) is 6.23. The number of esters is 1. The van der Waals surface area contributed by atoms with E-state index in [1.165, 1.54) is 12.5 Å². The summed E-state index contributed by atoms with van der Waals surface area (Å²) in [6.07, 6.45) is 0. The Bertz CT molecular complexity index is 587. The van der Waals surface area contributed by atoms with Crippen LogP contribution in [0.3, 0.4) is 0 Å². The Kier molecular flexibility index (Phi) is 3.74. The lowest BCUT2D eigenvalue weighted by atomic mass is 9.95. The van der Waals surface area contributed by atoms with Gasteiger partial charge in [-0.25, -0.2) is 0 Å². The number of methoxy groups -OCH3 is 1. The van der Waals surface area contributed by atoms with E-state index in [1.807, 2.05) is 36.4 Å². The molecule has 2 rings (SSSR count). The average Bonchev–Trinajstić information content (AvgIpc) is 2.44. The van der Waals surface area contributed by atoms with Crippen molar-refractivity contribution in [2.75, 3.05) is 13.7 Å². The third-order valence-electron chi connectivity index (χ3n) is 3.06. The van der Waals surface area contributed by atoms with Gasteiger partial charge in [0.1, 0.15) is 12.4 Å².